The molecule has 0 saturated heterocycles. The van der Waals surface area contributed by atoms with Gasteiger partial charge in [-0.05, 0) is 32.1 Å². The van der Waals surface area contributed by atoms with E-state index in [1.807, 2.05) is 6.08 Å². The molecule has 0 rings (SSSR count). The van der Waals surface area contributed by atoms with Crippen LogP contribution in [0.25, 0.3) is 0 Å². The molecular formula is C72H141NO3. The van der Waals surface area contributed by atoms with Gasteiger partial charge in [0.1, 0.15) is 0 Å². The first-order valence-corrected chi connectivity index (χ1v) is 35.6. The second-order valence-corrected chi connectivity index (χ2v) is 24.7. The maximum atomic E-state index is 12.5. The minimum atomic E-state index is -0.861. The molecule has 0 saturated carbocycles. The molecule has 2 unspecified atom stereocenters. The molecule has 76 heavy (non-hydrogen) atoms. The number of aliphatic hydroxyl groups excluding tert-OH is 2. The van der Waals surface area contributed by atoms with Gasteiger partial charge in [-0.3, -0.25) is 4.79 Å². The number of aliphatic hydroxyl groups is 2. The standard InChI is InChI=1S/C72H141NO3/c1-3-5-7-9-11-13-15-17-19-21-23-25-27-29-30-31-32-33-34-35-36-37-38-39-40-41-42-43-44-46-48-50-52-54-56-58-60-62-64-66-68-72(76)73-70(69-74)71(75)67-65-63-61-59-57-55-53-51-49-47-45-28-26-24-22-20-18-16-14-12-10-8-6-4-2/h57,59,65,67,70-71,74-75H,3-56,58,60-64,66,68-69H2,1-2H3,(H,73,76)/b59-57+,67-65+. The van der Waals surface area contributed by atoms with Crippen molar-refractivity contribution in [2.75, 3.05) is 6.61 Å². The van der Waals surface area contributed by atoms with Crippen LogP contribution < -0.4 is 5.32 Å². The maximum absolute atomic E-state index is 12.5. The van der Waals surface area contributed by atoms with Gasteiger partial charge in [0.15, 0.2) is 0 Å². The Morgan fingerprint density at radius 1 is 0.303 bits per heavy atom. The van der Waals surface area contributed by atoms with E-state index in [4.69, 9.17) is 0 Å². The van der Waals surface area contributed by atoms with Crippen molar-refractivity contribution in [3.63, 3.8) is 0 Å². The van der Waals surface area contributed by atoms with Gasteiger partial charge >= 0.3 is 0 Å². The Morgan fingerprint density at radius 2 is 0.513 bits per heavy atom. The Hall–Kier alpha value is -1.13. The summed E-state index contributed by atoms with van der Waals surface area (Å²) in [4.78, 5) is 12.5. The van der Waals surface area contributed by atoms with Crippen LogP contribution in [0.4, 0.5) is 0 Å². The number of allylic oxidation sites excluding steroid dienone is 3. The van der Waals surface area contributed by atoms with Crippen molar-refractivity contribution < 1.29 is 15.0 Å². The van der Waals surface area contributed by atoms with Gasteiger partial charge in [0.2, 0.25) is 5.91 Å². The second-order valence-electron chi connectivity index (χ2n) is 24.7. The molecule has 0 aliphatic rings. The quantitative estimate of drug-likeness (QED) is 0.0420. The second kappa shape index (κ2) is 68.1. The van der Waals surface area contributed by atoms with Crippen molar-refractivity contribution in [2.24, 2.45) is 0 Å². The van der Waals surface area contributed by atoms with Crippen molar-refractivity contribution in [1.29, 1.82) is 0 Å². The highest BCUT2D eigenvalue weighted by Crippen LogP contribution is 2.20. The molecule has 0 radical (unpaired) electrons. The molecule has 4 nitrogen and oxygen atoms in total. The Morgan fingerprint density at radius 3 is 0.763 bits per heavy atom. The van der Waals surface area contributed by atoms with E-state index in [1.54, 1.807) is 6.08 Å². The van der Waals surface area contributed by atoms with Gasteiger partial charge < -0.3 is 15.5 Å². The molecule has 0 aliphatic carbocycles. The van der Waals surface area contributed by atoms with Crippen LogP contribution in [-0.4, -0.2) is 34.9 Å². The normalized spacial score (nSPS) is 12.7. The van der Waals surface area contributed by atoms with Gasteiger partial charge in [-0.1, -0.05) is 398 Å². The Kier molecular flexibility index (Phi) is 67.1. The van der Waals surface area contributed by atoms with Crippen molar-refractivity contribution in [2.45, 2.75) is 424 Å². The van der Waals surface area contributed by atoms with E-state index in [0.717, 1.165) is 32.1 Å². The lowest BCUT2D eigenvalue weighted by atomic mass is 10.0. The predicted molar refractivity (Wildman–Crippen MR) is 341 cm³/mol. The number of unbranched alkanes of at least 4 members (excludes halogenated alkanes) is 58. The summed E-state index contributed by atoms with van der Waals surface area (Å²) in [5.74, 6) is -0.0642. The van der Waals surface area contributed by atoms with E-state index in [2.05, 4.69) is 31.3 Å². The highest BCUT2D eigenvalue weighted by atomic mass is 16.3. The SMILES string of the molecule is CCCCCCCCCCCCCCCCCCCC/C=C/CC/C=C/C(O)C(CO)NC(=O)CCCCCCCCCCCCCCCCCCCCCCCCCCCCCCCCCCCCCCCCCC. The predicted octanol–water partition coefficient (Wildman–Crippen LogP) is 24.2. The number of hydrogen-bond donors (Lipinski definition) is 3. The van der Waals surface area contributed by atoms with Crippen LogP contribution in [0.3, 0.4) is 0 Å². The number of nitrogens with one attached hydrogen (secondary N) is 1. The number of amides is 1. The summed E-state index contributed by atoms with van der Waals surface area (Å²) in [6.45, 7) is 4.35. The Bertz CT molecular complexity index is 1120. The van der Waals surface area contributed by atoms with Gasteiger partial charge in [0, 0.05) is 6.42 Å². The molecule has 3 N–H and O–H groups in total. The lowest BCUT2D eigenvalue weighted by Crippen LogP contribution is -2.45. The third-order valence-electron chi connectivity index (χ3n) is 16.9. The number of rotatable bonds is 67. The maximum Gasteiger partial charge on any atom is 0.220 e. The van der Waals surface area contributed by atoms with Gasteiger partial charge in [-0.2, -0.15) is 0 Å². The van der Waals surface area contributed by atoms with Gasteiger partial charge in [0.25, 0.3) is 0 Å². The molecular weight excluding hydrogens is 927 g/mol. The topological polar surface area (TPSA) is 69.6 Å². The molecule has 0 bridgehead atoms. The minimum Gasteiger partial charge on any atom is -0.394 e. The van der Waals surface area contributed by atoms with Crippen LogP contribution in [0.2, 0.25) is 0 Å². The Labute approximate surface area is 479 Å². The molecule has 2 atom stereocenters. The highest BCUT2D eigenvalue weighted by molar-refractivity contribution is 5.76. The molecule has 0 spiro atoms. The van der Waals surface area contributed by atoms with Gasteiger partial charge in [-0.15, -0.1) is 0 Å². The summed E-state index contributed by atoms with van der Waals surface area (Å²) in [7, 11) is 0. The van der Waals surface area contributed by atoms with Crippen LogP contribution in [0.1, 0.15) is 412 Å². The van der Waals surface area contributed by atoms with Crippen LogP contribution in [0.15, 0.2) is 24.3 Å². The third kappa shape index (κ3) is 63.7. The third-order valence-corrected chi connectivity index (χ3v) is 16.9. The summed E-state index contributed by atoms with van der Waals surface area (Å²) in [5, 5.41) is 23.2. The lowest BCUT2D eigenvalue weighted by Gasteiger charge is -2.19. The first-order chi connectivity index (χ1) is 37.7. The van der Waals surface area contributed by atoms with Gasteiger partial charge in [-0.25, -0.2) is 0 Å². The zero-order valence-corrected chi connectivity index (χ0v) is 52.3. The van der Waals surface area contributed by atoms with Crippen LogP contribution >= 0.6 is 0 Å². The summed E-state index contributed by atoms with van der Waals surface area (Å²) in [5.41, 5.74) is 0. The van der Waals surface area contributed by atoms with Gasteiger partial charge in [0.05, 0.1) is 18.8 Å². The summed E-state index contributed by atoms with van der Waals surface area (Å²) in [6, 6.07) is -0.638. The zero-order valence-electron chi connectivity index (χ0n) is 52.3. The molecule has 452 valence electrons. The first-order valence-electron chi connectivity index (χ1n) is 35.6. The van der Waals surface area contributed by atoms with Crippen molar-refractivity contribution in [1.82, 2.24) is 5.32 Å². The van der Waals surface area contributed by atoms with Crippen molar-refractivity contribution in [3.8, 4) is 0 Å². The van der Waals surface area contributed by atoms with Crippen LogP contribution in [0.5, 0.6) is 0 Å². The average molecular weight is 1070 g/mol. The molecule has 0 aliphatic heterocycles. The number of hydrogen-bond acceptors (Lipinski definition) is 3. The molecule has 1 amide bonds. The summed E-state index contributed by atoms with van der Waals surface area (Å²) >= 11 is 0. The molecule has 0 aromatic heterocycles. The van der Waals surface area contributed by atoms with Crippen molar-refractivity contribution >= 4 is 5.91 Å². The molecule has 0 aromatic carbocycles. The molecule has 0 aromatic rings. The average Bonchev–Trinajstić information content (AvgIpc) is 3.42. The van der Waals surface area contributed by atoms with Crippen molar-refractivity contribution in [3.05, 3.63) is 24.3 Å². The molecule has 4 heteroatoms. The summed E-state index contributed by atoms with van der Waals surface area (Å²) in [6.07, 6.45) is 92.9. The van der Waals surface area contributed by atoms with Crippen LogP contribution in [0, 0.1) is 0 Å². The van der Waals surface area contributed by atoms with Crippen LogP contribution in [-0.2, 0) is 4.79 Å². The van der Waals surface area contributed by atoms with E-state index in [9.17, 15) is 15.0 Å². The van der Waals surface area contributed by atoms with E-state index in [0.29, 0.717) is 6.42 Å². The molecule has 0 heterocycles. The largest absolute Gasteiger partial charge is 0.394 e. The van der Waals surface area contributed by atoms with E-state index in [1.165, 1.54) is 360 Å². The number of carbonyl (C=O) groups is 1. The minimum absolute atomic E-state index is 0.0642. The van der Waals surface area contributed by atoms with E-state index >= 15 is 0 Å². The molecule has 0 fully saturated rings. The Balaban J connectivity index is 3.39. The smallest absolute Gasteiger partial charge is 0.220 e. The number of carbonyl (C=O) groups excluding carboxylic acids is 1. The lowest BCUT2D eigenvalue weighted by molar-refractivity contribution is -0.123. The fraction of sp³-hybridized carbons (Fsp3) is 0.931. The summed E-state index contributed by atoms with van der Waals surface area (Å²) < 4.78 is 0. The first kappa shape index (κ1) is 74.9. The fourth-order valence-corrected chi connectivity index (χ4v) is 11.6. The monoisotopic (exact) mass is 1070 g/mol. The zero-order chi connectivity index (χ0) is 54.8. The highest BCUT2D eigenvalue weighted by Gasteiger charge is 2.18. The van der Waals surface area contributed by atoms with E-state index < -0.39 is 12.1 Å². The fourth-order valence-electron chi connectivity index (χ4n) is 11.6. The van der Waals surface area contributed by atoms with E-state index in [-0.39, 0.29) is 12.5 Å².